The Balaban J connectivity index is 1.45. The van der Waals surface area contributed by atoms with Gasteiger partial charge in [0.2, 0.25) is 0 Å². The van der Waals surface area contributed by atoms with Gasteiger partial charge in [-0.1, -0.05) is 12.1 Å². The summed E-state index contributed by atoms with van der Waals surface area (Å²) < 4.78 is 5.41. The summed E-state index contributed by atoms with van der Waals surface area (Å²) in [5.74, 6) is -0.0914. The minimum Gasteiger partial charge on any atom is -0.379 e. The molecule has 0 bridgehead atoms. The molecule has 1 aliphatic rings. The number of H-pyrrole nitrogens is 1. The Bertz CT molecular complexity index is 944. The molecule has 6 heteroatoms. The van der Waals surface area contributed by atoms with Gasteiger partial charge in [-0.25, -0.2) is 0 Å². The van der Waals surface area contributed by atoms with Crippen molar-refractivity contribution in [1.82, 2.24) is 20.2 Å². The van der Waals surface area contributed by atoms with Crippen molar-refractivity contribution in [2.45, 2.75) is 20.0 Å². The Labute approximate surface area is 158 Å². The molecule has 4 rings (SSSR count). The van der Waals surface area contributed by atoms with E-state index in [1.807, 2.05) is 43.5 Å². The number of aromatic nitrogens is 2. The maximum absolute atomic E-state index is 12.5. The Morgan fingerprint density at radius 1 is 1.30 bits per heavy atom. The van der Waals surface area contributed by atoms with E-state index >= 15 is 0 Å². The molecule has 0 atom stereocenters. The number of benzene rings is 1. The molecule has 2 aromatic heterocycles. The number of nitrogens with zero attached hydrogens (tertiary/aromatic N) is 2. The molecule has 0 saturated carbocycles. The van der Waals surface area contributed by atoms with Crippen LogP contribution in [0.4, 0.5) is 0 Å². The molecule has 1 aliphatic heterocycles. The fraction of sp³-hybridized carbons (Fsp3) is 0.333. The van der Waals surface area contributed by atoms with E-state index in [-0.39, 0.29) is 5.91 Å². The first-order valence-corrected chi connectivity index (χ1v) is 9.29. The number of aromatic amines is 1. The van der Waals surface area contributed by atoms with Crippen LogP contribution in [0.2, 0.25) is 0 Å². The molecule has 2 N–H and O–H groups in total. The number of aryl methyl sites for hydroxylation is 1. The number of pyridine rings is 1. The van der Waals surface area contributed by atoms with E-state index in [2.05, 4.69) is 20.2 Å². The van der Waals surface area contributed by atoms with Gasteiger partial charge in [-0.15, -0.1) is 0 Å². The van der Waals surface area contributed by atoms with Gasteiger partial charge in [0.05, 0.1) is 25.5 Å². The summed E-state index contributed by atoms with van der Waals surface area (Å²) >= 11 is 0. The molecule has 140 valence electrons. The second kappa shape index (κ2) is 7.90. The lowest BCUT2D eigenvalue weighted by molar-refractivity contribution is 0.0343. The van der Waals surface area contributed by atoms with Gasteiger partial charge in [0.1, 0.15) is 0 Å². The summed E-state index contributed by atoms with van der Waals surface area (Å²) in [6, 6.07) is 9.73. The van der Waals surface area contributed by atoms with Gasteiger partial charge in [0, 0.05) is 48.5 Å². The van der Waals surface area contributed by atoms with E-state index < -0.39 is 0 Å². The van der Waals surface area contributed by atoms with Gasteiger partial charge in [0.15, 0.2) is 0 Å². The SMILES string of the molecule is Cc1cccnc1CNC(=O)c1ccc2c(CN3CCOCC3)c[nH]c2c1. The summed E-state index contributed by atoms with van der Waals surface area (Å²) in [5, 5.41) is 4.12. The molecule has 3 aromatic rings. The van der Waals surface area contributed by atoms with Crippen LogP contribution in [0.25, 0.3) is 10.9 Å². The fourth-order valence-electron chi connectivity index (χ4n) is 3.43. The first-order chi connectivity index (χ1) is 13.2. The van der Waals surface area contributed by atoms with Crippen molar-refractivity contribution < 1.29 is 9.53 Å². The van der Waals surface area contributed by atoms with Crippen molar-refractivity contribution in [1.29, 1.82) is 0 Å². The van der Waals surface area contributed by atoms with Crippen LogP contribution in [-0.2, 0) is 17.8 Å². The molecule has 3 heterocycles. The highest BCUT2D eigenvalue weighted by Gasteiger charge is 2.14. The van der Waals surface area contributed by atoms with E-state index in [1.165, 1.54) is 10.9 Å². The smallest absolute Gasteiger partial charge is 0.251 e. The quantitative estimate of drug-likeness (QED) is 0.730. The highest BCUT2D eigenvalue weighted by Crippen LogP contribution is 2.21. The third-order valence-electron chi connectivity index (χ3n) is 5.06. The van der Waals surface area contributed by atoms with Crippen LogP contribution < -0.4 is 5.32 Å². The summed E-state index contributed by atoms with van der Waals surface area (Å²) in [7, 11) is 0. The van der Waals surface area contributed by atoms with Crippen molar-refractivity contribution in [2.75, 3.05) is 26.3 Å². The van der Waals surface area contributed by atoms with Crippen LogP contribution in [0.15, 0.2) is 42.7 Å². The van der Waals surface area contributed by atoms with E-state index in [4.69, 9.17) is 4.74 Å². The maximum Gasteiger partial charge on any atom is 0.251 e. The number of hydrogen-bond acceptors (Lipinski definition) is 4. The summed E-state index contributed by atoms with van der Waals surface area (Å²) in [5.41, 5.74) is 4.85. The monoisotopic (exact) mass is 364 g/mol. The standard InChI is InChI=1S/C21H24N4O2/c1-15-3-2-6-22-20(15)13-24-21(26)16-4-5-18-17(12-23-19(18)11-16)14-25-7-9-27-10-8-25/h2-6,11-12,23H,7-10,13-14H2,1H3,(H,24,26). The number of nitrogens with one attached hydrogen (secondary N) is 2. The van der Waals surface area contributed by atoms with Crippen LogP contribution in [-0.4, -0.2) is 47.1 Å². The van der Waals surface area contributed by atoms with E-state index in [0.717, 1.165) is 49.6 Å². The molecule has 0 aliphatic carbocycles. The Morgan fingerprint density at radius 2 is 2.15 bits per heavy atom. The molecule has 1 amide bonds. The number of carbonyl (C=O) groups is 1. The molecule has 0 unspecified atom stereocenters. The first kappa shape index (κ1) is 17.7. The number of amides is 1. The minimum absolute atomic E-state index is 0.0914. The lowest BCUT2D eigenvalue weighted by Crippen LogP contribution is -2.35. The molecular weight excluding hydrogens is 340 g/mol. The fourth-order valence-corrected chi connectivity index (χ4v) is 3.43. The zero-order valence-corrected chi connectivity index (χ0v) is 15.5. The van der Waals surface area contributed by atoms with Gasteiger partial charge < -0.3 is 15.0 Å². The predicted octanol–water partition coefficient (Wildman–Crippen LogP) is 2.63. The van der Waals surface area contributed by atoms with Crippen molar-refractivity contribution in [2.24, 2.45) is 0 Å². The van der Waals surface area contributed by atoms with Crippen LogP contribution in [0.3, 0.4) is 0 Å². The lowest BCUT2D eigenvalue weighted by Gasteiger charge is -2.26. The van der Waals surface area contributed by atoms with Gasteiger partial charge >= 0.3 is 0 Å². The Hall–Kier alpha value is -2.70. The van der Waals surface area contributed by atoms with Gasteiger partial charge in [-0.3, -0.25) is 14.7 Å². The van der Waals surface area contributed by atoms with Crippen LogP contribution in [0, 0.1) is 6.92 Å². The Kier molecular flexibility index (Phi) is 5.18. The molecule has 1 saturated heterocycles. The van der Waals surface area contributed by atoms with Crippen LogP contribution >= 0.6 is 0 Å². The zero-order valence-electron chi connectivity index (χ0n) is 15.5. The number of ether oxygens (including phenoxy) is 1. The summed E-state index contributed by atoms with van der Waals surface area (Å²) in [4.78, 5) is 22.5. The molecule has 0 radical (unpaired) electrons. The van der Waals surface area contributed by atoms with Gasteiger partial charge in [-0.2, -0.15) is 0 Å². The molecule has 27 heavy (non-hydrogen) atoms. The first-order valence-electron chi connectivity index (χ1n) is 9.29. The molecular formula is C21H24N4O2. The van der Waals surface area contributed by atoms with Crippen molar-refractivity contribution >= 4 is 16.8 Å². The number of carbonyl (C=O) groups excluding carboxylic acids is 1. The third kappa shape index (κ3) is 4.02. The largest absolute Gasteiger partial charge is 0.379 e. The zero-order chi connectivity index (χ0) is 18.6. The Morgan fingerprint density at radius 3 is 2.96 bits per heavy atom. The van der Waals surface area contributed by atoms with Gasteiger partial charge in [-0.05, 0) is 36.2 Å². The third-order valence-corrected chi connectivity index (χ3v) is 5.06. The lowest BCUT2D eigenvalue weighted by atomic mass is 10.1. The molecule has 1 aromatic carbocycles. The average Bonchev–Trinajstić information content (AvgIpc) is 3.10. The highest BCUT2D eigenvalue weighted by atomic mass is 16.5. The second-order valence-corrected chi connectivity index (χ2v) is 6.91. The van der Waals surface area contributed by atoms with Crippen molar-refractivity contribution in [3.8, 4) is 0 Å². The second-order valence-electron chi connectivity index (χ2n) is 6.91. The number of morpholine rings is 1. The van der Waals surface area contributed by atoms with Crippen LogP contribution in [0.5, 0.6) is 0 Å². The summed E-state index contributed by atoms with van der Waals surface area (Å²) in [6.07, 6.45) is 3.79. The van der Waals surface area contributed by atoms with E-state index in [0.29, 0.717) is 12.1 Å². The van der Waals surface area contributed by atoms with E-state index in [1.54, 1.807) is 6.20 Å². The number of rotatable bonds is 5. The topological polar surface area (TPSA) is 70.2 Å². The van der Waals surface area contributed by atoms with Crippen LogP contribution in [0.1, 0.15) is 27.2 Å². The molecule has 0 spiro atoms. The number of hydrogen-bond donors (Lipinski definition) is 2. The number of fused-ring (bicyclic) bond motifs is 1. The predicted molar refractivity (Wildman–Crippen MR) is 105 cm³/mol. The molecule has 6 nitrogen and oxygen atoms in total. The minimum atomic E-state index is -0.0914. The normalized spacial score (nSPS) is 15.1. The van der Waals surface area contributed by atoms with Crippen molar-refractivity contribution in [3.05, 3.63) is 65.1 Å². The maximum atomic E-state index is 12.5. The van der Waals surface area contributed by atoms with Crippen molar-refractivity contribution in [3.63, 3.8) is 0 Å². The average molecular weight is 364 g/mol. The van der Waals surface area contributed by atoms with Gasteiger partial charge in [0.25, 0.3) is 5.91 Å². The molecule has 1 fully saturated rings. The highest BCUT2D eigenvalue weighted by molar-refractivity contribution is 5.98. The summed E-state index contributed by atoms with van der Waals surface area (Å²) in [6.45, 7) is 6.82. The van der Waals surface area contributed by atoms with E-state index in [9.17, 15) is 4.79 Å².